The van der Waals surface area contributed by atoms with E-state index in [1.165, 1.54) is 11.8 Å². The van der Waals surface area contributed by atoms with Gasteiger partial charge in [0.1, 0.15) is 0 Å². The molecule has 0 saturated carbocycles. The summed E-state index contributed by atoms with van der Waals surface area (Å²) >= 11 is 0. The zero-order valence-corrected chi connectivity index (χ0v) is 22.2. The van der Waals surface area contributed by atoms with Gasteiger partial charge in [-0.2, -0.15) is 0 Å². The van der Waals surface area contributed by atoms with Gasteiger partial charge in [-0.1, -0.05) is 24.3 Å². The predicted molar refractivity (Wildman–Crippen MR) is 153 cm³/mol. The number of benzene rings is 2. The van der Waals surface area contributed by atoms with Gasteiger partial charge in [-0.15, -0.1) is 0 Å². The van der Waals surface area contributed by atoms with Crippen molar-refractivity contribution in [1.29, 1.82) is 0 Å². The fourth-order valence-corrected chi connectivity index (χ4v) is 4.77. The number of anilines is 3. The van der Waals surface area contributed by atoms with Gasteiger partial charge < -0.3 is 24.1 Å². The first-order chi connectivity index (χ1) is 19.7. The maximum absolute atomic E-state index is 12.1. The second-order valence-corrected chi connectivity index (χ2v) is 9.74. The summed E-state index contributed by atoms with van der Waals surface area (Å²) in [7, 11) is 0. The summed E-state index contributed by atoms with van der Waals surface area (Å²) in [5.74, 6) is 0.336. The lowest BCUT2D eigenvalue weighted by molar-refractivity contribution is -0.198. The minimum Gasteiger partial charge on any atom is -0.378 e. The molecule has 40 heavy (non-hydrogen) atoms. The molecule has 2 aliphatic rings. The number of aromatic nitrogens is 3. The first kappa shape index (κ1) is 26.0. The molecule has 2 aromatic carbocycles. The Kier molecular flexibility index (Phi) is 7.99. The number of ether oxygens (including phenoxy) is 2. The van der Waals surface area contributed by atoms with Crippen molar-refractivity contribution in [2.24, 2.45) is 0 Å². The molecule has 6 rings (SSSR count). The smallest absolute Gasteiger partial charge is 0.267 e. The van der Waals surface area contributed by atoms with E-state index in [9.17, 15) is 4.79 Å². The summed E-state index contributed by atoms with van der Waals surface area (Å²) in [6, 6.07) is 16.2. The largest absolute Gasteiger partial charge is 0.378 e. The van der Waals surface area contributed by atoms with Crippen LogP contribution in [0.25, 0.3) is 23.0 Å². The molecule has 0 spiro atoms. The average molecular weight is 541 g/mol. The van der Waals surface area contributed by atoms with E-state index >= 15 is 0 Å². The highest BCUT2D eigenvalue weighted by atomic mass is 16.8. The van der Waals surface area contributed by atoms with Crippen molar-refractivity contribution in [2.75, 3.05) is 43.1 Å². The van der Waals surface area contributed by atoms with Gasteiger partial charge >= 0.3 is 0 Å². The maximum atomic E-state index is 12.1. The van der Waals surface area contributed by atoms with Crippen LogP contribution in [0.1, 0.15) is 24.8 Å². The third-order valence-corrected chi connectivity index (χ3v) is 6.94. The van der Waals surface area contributed by atoms with Gasteiger partial charge in [0, 0.05) is 67.7 Å². The molecule has 4 heterocycles. The Hall–Kier alpha value is -4.25. The van der Waals surface area contributed by atoms with E-state index in [-0.39, 0.29) is 12.2 Å². The van der Waals surface area contributed by atoms with Crippen LogP contribution in [0.3, 0.4) is 0 Å². The highest BCUT2D eigenvalue weighted by Gasteiger charge is 2.15. The normalized spacial score (nSPS) is 17.8. The fourth-order valence-electron chi connectivity index (χ4n) is 4.77. The number of fused-ring (bicyclic) bond motifs is 1. The number of nitrogens with one attached hydrogen (secondary N) is 2. The summed E-state index contributed by atoms with van der Waals surface area (Å²) in [6.07, 6.45) is 11.3. The van der Waals surface area contributed by atoms with Crippen LogP contribution in [-0.2, 0) is 19.1 Å². The third kappa shape index (κ3) is 6.31. The van der Waals surface area contributed by atoms with Gasteiger partial charge in [0.15, 0.2) is 17.8 Å². The van der Waals surface area contributed by atoms with Crippen LogP contribution in [-0.4, -0.2) is 59.5 Å². The highest BCUT2D eigenvalue weighted by molar-refractivity contribution is 5.91. The topological polar surface area (TPSA) is 102 Å². The summed E-state index contributed by atoms with van der Waals surface area (Å²) in [5, 5.41) is 3.44. The number of amides is 1. The van der Waals surface area contributed by atoms with Crippen LogP contribution >= 0.6 is 0 Å². The van der Waals surface area contributed by atoms with Gasteiger partial charge in [-0.05, 0) is 48.7 Å². The molecule has 206 valence electrons. The summed E-state index contributed by atoms with van der Waals surface area (Å²) < 4.78 is 12.9. The Balaban J connectivity index is 1.13. The fraction of sp³-hybridized carbons (Fsp3) is 0.300. The standard InChI is InChI=1S/C30H32N6O4/c37-27(34-40-28-3-1-2-18-39-28)13-6-22-4-7-23(8-5-22)26-21-36-15-14-31-30(36)29(33-26)32-24-9-11-25(12-10-24)35-16-19-38-20-17-35/h4-15,21,28H,1-3,16-20H2,(H,32,33)(H,34,37)/b13-6+. The Morgan fingerprint density at radius 1 is 1.02 bits per heavy atom. The monoisotopic (exact) mass is 540 g/mol. The van der Waals surface area contributed by atoms with E-state index in [0.717, 1.165) is 73.7 Å². The van der Waals surface area contributed by atoms with E-state index in [0.29, 0.717) is 12.4 Å². The predicted octanol–water partition coefficient (Wildman–Crippen LogP) is 4.56. The van der Waals surface area contributed by atoms with Gasteiger partial charge in [-0.25, -0.2) is 20.3 Å². The number of hydroxylamine groups is 1. The van der Waals surface area contributed by atoms with Gasteiger partial charge in [0.05, 0.1) is 18.9 Å². The average Bonchev–Trinajstić information content (AvgIpc) is 3.50. The highest BCUT2D eigenvalue weighted by Crippen LogP contribution is 2.26. The third-order valence-electron chi connectivity index (χ3n) is 6.94. The van der Waals surface area contributed by atoms with E-state index in [4.69, 9.17) is 19.3 Å². The van der Waals surface area contributed by atoms with Crippen molar-refractivity contribution in [3.05, 3.63) is 78.8 Å². The van der Waals surface area contributed by atoms with Crippen LogP contribution < -0.4 is 15.7 Å². The van der Waals surface area contributed by atoms with E-state index in [1.54, 1.807) is 12.3 Å². The van der Waals surface area contributed by atoms with Crippen molar-refractivity contribution in [3.63, 3.8) is 0 Å². The first-order valence-corrected chi connectivity index (χ1v) is 13.6. The number of hydrogen-bond donors (Lipinski definition) is 2. The number of morpholine rings is 1. The van der Waals surface area contributed by atoms with Crippen molar-refractivity contribution >= 4 is 34.8 Å². The second kappa shape index (κ2) is 12.3. The Bertz CT molecular complexity index is 1460. The molecule has 2 fully saturated rings. The minimum absolute atomic E-state index is 0.334. The SMILES string of the molecule is O=C(/C=C/c1ccc(-c2cn3ccnc3c(Nc3ccc(N4CCOCC4)cc3)n2)cc1)NOC1CCCCO1. The molecule has 1 atom stereocenters. The zero-order valence-electron chi connectivity index (χ0n) is 22.2. The lowest BCUT2D eigenvalue weighted by Gasteiger charge is -2.28. The molecular weight excluding hydrogens is 508 g/mol. The van der Waals surface area contributed by atoms with Crippen molar-refractivity contribution < 1.29 is 19.1 Å². The summed E-state index contributed by atoms with van der Waals surface area (Å²) in [5.41, 5.74) is 7.92. The molecule has 2 aromatic heterocycles. The zero-order chi connectivity index (χ0) is 27.1. The molecule has 1 amide bonds. The maximum Gasteiger partial charge on any atom is 0.267 e. The number of carbonyl (C=O) groups is 1. The van der Waals surface area contributed by atoms with E-state index in [1.807, 2.05) is 41.1 Å². The molecule has 2 aliphatic heterocycles. The summed E-state index contributed by atoms with van der Waals surface area (Å²) in [6.45, 7) is 3.97. The molecule has 10 heteroatoms. The molecule has 4 aromatic rings. The quantitative estimate of drug-likeness (QED) is 0.248. The minimum atomic E-state index is -0.375. The van der Waals surface area contributed by atoms with Crippen LogP contribution in [0.15, 0.2) is 73.2 Å². The number of carbonyl (C=O) groups excluding carboxylic acids is 1. The van der Waals surface area contributed by atoms with Crippen LogP contribution in [0, 0.1) is 0 Å². The number of rotatable bonds is 8. The Morgan fingerprint density at radius 3 is 2.62 bits per heavy atom. The van der Waals surface area contributed by atoms with E-state index < -0.39 is 0 Å². The number of nitrogens with zero attached hydrogens (tertiary/aromatic N) is 4. The van der Waals surface area contributed by atoms with Crippen LogP contribution in [0.2, 0.25) is 0 Å². The Labute approximate surface area is 232 Å². The Morgan fingerprint density at radius 2 is 1.85 bits per heavy atom. The van der Waals surface area contributed by atoms with Gasteiger partial charge in [0.25, 0.3) is 5.91 Å². The molecule has 0 bridgehead atoms. The molecule has 10 nitrogen and oxygen atoms in total. The van der Waals surface area contributed by atoms with Gasteiger partial charge in [-0.3, -0.25) is 4.79 Å². The van der Waals surface area contributed by atoms with Crippen molar-refractivity contribution in [3.8, 4) is 11.3 Å². The summed E-state index contributed by atoms with van der Waals surface area (Å²) in [4.78, 5) is 29.2. The number of imidazole rings is 1. The molecule has 2 saturated heterocycles. The lowest BCUT2D eigenvalue weighted by atomic mass is 10.1. The molecule has 0 radical (unpaired) electrons. The van der Waals surface area contributed by atoms with Crippen LogP contribution in [0.5, 0.6) is 0 Å². The van der Waals surface area contributed by atoms with Crippen molar-refractivity contribution in [2.45, 2.75) is 25.6 Å². The van der Waals surface area contributed by atoms with Crippen LogP contribution in [0.4, 0.5) is 17.2 Å². The molecular formula is C30H32N6O4. The lowest BCUT2D eigenvalue weighted by Crippen LogP contribution is -2.36. The van der Waals surface area contributed by atoms with E-state index in [2.05, 4.69) is 44.9 Å². The second-order valence-electron chi connectivity index (χ2n) is 9.74. The molecule has 0 aliphatic carbocycles. The first-order valence-electron chi connectivity index (χ1n) is 13.6. The molecule has 1 unspecified atom stereocenters. The van der Waals surface area contributed by atoms with Crippen molar-refractivity contribution in [1.82, 2.24) is 19.8 Å². The molecule has 2 N–H and O–H groups in total. The van der Waals surface area contributed by atoms with Gasteiger partial charge in [0.2, 0.25) is 0 Å². The number of hydrogen-bond acceptors (Lipinski definition) is 8.